The Morgan fingerprint density at radius 3 is 2.67 bits per heavy atom. The van der Waals surface area contributed by atoms with Gasteiger partial charge in [0.1, 0.15) is 11.5 Å². The lowest BCUT2D eigenvalue weighted by molar-refractivity contribution is -0.123. The normalized spacial score (nSPS) is 20.3. The molecule has 0 bridgehead atoms. The second kappa shape index (κ2) is 6.43. The van der Waals surface area contributed by atoms with Gasteiger partial charge in [-0.1, -0.05) is 0 Å². The summed E-state index contributed by atoms with van der Waals surface area (Å²) in [5, 5.41) is 8.16. The molecule has 0 radical (unpaired) electrons. The van der Waals surface area contributed by atoms with E-state index in [2.05, 4.69) is 15.5 Å². The van der Waals surface area contributed by atoms with Crippen LogP contribution in [0.15, 0.2) is 29.1 Å². The number of nitrogens with one attached hydrogen (secondary N) is 3. The number of H-pyrrole nitrogens is 2. The van der Waals surface area contributed by atoms with E-state index in [0.717, 1.165) is 23.5 Å². The molecule has 3 unspecified atom stereocenters. The fourth-order valence-corrected chi connectivity index (χ4v) is 2.94. The van der Waals surface area contributed by atoms with Crippen LogP contribution in [0.3, 0.4) is 0 Å². The van der Waals surface area contributed by atoms with Gasteiger partial charge in [0, 0.05) is 23.5 Å². The number of hydrogen-bond donors (Lipinski definition) is 3. The van der Waals surface area contributed by atoms with Crippen LogP contribution in [0.2, 0.25) is 0 Å². The minimum Gasteiger partial charge on any atom is -0.497 e. The highest BCUT2D eigenvalue weighted by molar-refractivity contribution is 5.83. The van der Waals surface area contributed by atoms with Gasteiger partial charge < -0.3 is 19.9 Å². The smallest absolute Gasteiger partial charge is 0.264 e. The minimum atomic E-state index is -0.259. The lowest BCUT2D eigenvalue weighted by atomic mass is 10.1. The summed E-state index contributed by atoms with van der Waals surface area (Å²) in [6, 6.07) is 6.80. The molecule has 3 N–H and O–H groups in total. The van der Waals surface area contributed by atoms with Gasteiger partial charge in [0.25, 0.3) is 5.56 Å². The van der Waals surface area contributed by atoms with Gasteiger partial charge in [-0.05, 0) is 31.5 Å². The molecule has 1 heterocycles. The van der Waals surface area contributed by atoms with Gasteiger partial charge in [0.15, 0.2) is 0 Å². The molecule has 1 aromatic heterocycles. The number of aromatic amines is 2. The quantitative estimate of drug-likeness (QED) is 0.750. The highest BCUT2D eigenvalue weighted by Gasteiger charge is 2.45. The van der Waals surface area contributed by atoms with Crippen LogP contribution in [-0.4, -0.2) is 30.3 Å². The summed E-state index contributed by atoms with van der Waals surface area (Å²) >= 11 is 0. The first kappa shape index (κ1) is 16.2. The highest BCUT2D eigenvalue weighted by Crippen LogP contribution is 2.51. The van der Waals surface area contributed by atoms with Crippen molar-refractivity contribution in [2.45, 2.75) is 25.3 Å². The molecule has 3 rings (SSSR count). The molecule has 1 amide bonds. The van der Waals surface area contributed by atoms with Crippen LogP contribution >= 0.6 is 0 Å². The lowest BCUT2D eigenvalue weighted by Gasteiger charge is -2.13. The fraction of sp³-hybridized carbons (Fsp3) is 0.412. The molecule has 1 aliphatic carbocycles. The molecule has 1 aromatic carbocycles. The number of aromatic nitrogens is 2. The number of methoxy groups -OCH3 is 2. The van der Waals surface area contributed by atoms with Gasteiger partial charge in [0.2, 0.25) is 5.91 Å². The Morgan fingerprint density at radius 2 is 2.04 bits per heavy atom. The first-order valence-electron chi connectivity index (χ1n) is 7.83. The molecule has 0 saturated heterocycles. The third-order valence-electron chi connectivity index (χ3n) is 4.41. The van der Waals surface area contributed by atoms with Crippen LogP contribution in [-0.2, 0) is 4.79 Å². The van der Waals surface area contributed by atoms with Gasteiger partial charge in [0.05, 0.1) is 26.0 Å². The largest absolute Gasteiger partial charge is 0.497 e. The molecule has 0 aliphatic heterocycles. The molecule has 1 fully saturated rings. The van der Waals surface area contributed by atoms with Crippen LogP contribution in [0.5, 0.6) is 11.5 Å². The van der Waals surface area contributed by atoms with Crippen molar-refractivity contribution in [3.05, 3.63) is 45.9 Å². The molecule has 1 aliphatic rings. The summed E-state index contributed by atoms with van der Waals surface area (Å²) in [6.45, 7) is 1.83. The molecular weight excluding hydrogens is 310 g/mol. The van der Waals surface area contributed by atoms with E-state index in [1.165, 1.54) is 6.07 Å². The Hall–Kier alpha value is -2.70. The Kier molecular flexibility index (Phi) is 4.33. The summed E-state index contributed by atoms with van der Waals surface area (Å²) < 4.78 is 10.7. The zero-order valence-corrected chi connectivity index (χ0v) is 13.9. The predicted molar refractivity (Wildman–Crippen MR) is 88.4 cm³/mol. The van der Waals surface area contributed by atoms with Crippen LogP contribution < -0.4 is 20.3 Å². The molecule has 3 atom stereocenters. The third kappa shape index (κ3) is 3.15. The van der Waals surface area contributed by atoms with Crippen LogP contribution in [0.25, 0.3) is 0 Å². The number of carbonyl (C=O) groups excluding carboxylic acids is 1. The maximum Gasteiger partial charge on any atom is 0.264 e. The predicted octanol–water partition coefficient (Wildman–Crippen LogP) is 1.70. The Morgan fingerprint density at radius 1 is 1.25 bits per heavy atom. The van der Waals surface area contributed by atoms with Gasteiger partial charge in [-0.2, -0.15) is 0 Å². The van der Waals surface area contributed by atoms with Crippen molar-refractivity contribution >= 4 is 5.91 Å². The summed E-state index contributed by atoms with van der Waals surface area (Å²) in [5.74, 6) is 1.50. The highest BCUT2D eigenvalue weighted by atomic mass is 16.5. The van der Waals surface area contributed by atoms with E-state index in [1.54, 1.807) is 14.2 Å². The molecule has 24 heavy (non-hydrogen) atoms. The second-order valence-corrected chi connectivity index (χ2v) is 6.00. The summed E-state index contributed by atoms with van der Waals surface area (Å²) in [6.07, 6.45) is 0.770. The Labute approximate surface area is 139 Å². The molecule has 7 nitrogen and oxygen atoms in total. The van der Waals surface area contributed by atoms with E-state index in [1.807, 2.05) is 25.1 Å². The average molecular weight is 331 g/mol. The number of ether oxygens (including phenoxy) is 2. The van der Waals surface area contributed by atoms with Crippen molar-refractivity contribution in [1.29, 1.82) is 0 Å². The van der Waals surface area contributed by atoms with E-state index in [-0.39, 0.29) is 29.3 Å². The lowest BCUT2D eigenvalue weighted by Crippen LogP contribution is -2.28. The molecule has 128 valence electrons. The average Bonchev–Trinajstić information content (AvgIpc) is 3.27. The van der Waals surface area contributed by atoms with Gasteiger partial charge >= 0.3 is 0 Å². The van der Waals surface area contributed by atoms with E-state index >= 15 is 0 Å². The van der Waals surface area contributed by atoms with E-state index in [4.69, 9.17) is 9.47 Å². The van der Waals surface area contributed by atoms with Gasteiger partial charge in [-0.25, -0.2) is 0 Å². The van der Waals surface area contributed by atoms with Crippen LogP contribution in [0.4, 0.5) is 0 Å². The van der Waals surface area contributed by atoms with Crippen molar-refractivity contribution in [3.63, 3.8) is 0 Å². The number of hydrogen-bond acceptors (Lipinski definition) is 4. The van der Waals surface area contributed by atoms with E-state index in [0.29, 0.717) is 5.69 Å². The maximum absolute atomic E-state index is 12.4. The summed E-state index contributed by atoms with van der Waals surface area (Å²) in [7, 11) is 3.23. The van der Waals surface area contributed by atoms with Crippen molar-refractivity contribution in [2.75, 3.05) is 14.2 Å². The Bertz CT molecular complexity index is 795. The maximum atomic E-state index is 12.4. The molecule has 0 spiro atoms. The zero-order chi connectivity index (χ0) is 17.3. The summed E-state index contributed by atoms with van der Waals surface area (Å²) in [5.41, 5.74) is 1.43. The third-order valence-corrected chi connectivity index (χ3v) is 4.41. The van der Waals surface area contributed by atoms with Crippen molar-refractivity contribution in [1.82, 2.24) is 15.5 Å². The molecule has 2 aromatic rings. The molecule has 7 heteroatoms. The zero-order valence-electron chi connectivity index (χ0n) is 13.9. The first-order chi connectivity index (χ1) is 11.5. The van der Waals surface area contributed by atoms with E-state index in [9.17, 15) is 9.59 Å². The number of benzene rings is 1. The van der Waals surface area contributed by atoms with Crippen molar-refractivity contribution in [3.8, 4) is 11.5 Å². The number of rotatable bonds is 6. The van der Waals surface area contributed by atoms with Crippen molar-refractivity contribution in [2.24, 2.45) is 5.92 Å². The monoisotopic (exact) mass is 331 g/mol. The number of amides is 1. The van der Waals surface area contributed by atoms with Crippen molar-refractivity contribution < 1.29 is 14.3 Å². The number of carbonyl (C=O) groups is 1. The van der Waals surface area contributed by atoms with Crippen LogP contribution in [0, 0.1) is 5.92 Å². The second-order valence-electron chi connectivity index (χ2n) is 6.00. The Balaban J connectivity index is 1.68. The minimum absolute atomic E-state index is 0.0283. The van der Waals surface area contributed by atoms with Gasteiger partial charge in [-0.15, -0.1) is 0 Å². The summed E-state index contributed by atoms with van der Waals surface area (Å²) in [4.78, 5) is 23.6. The standard InChI is InChI=1S/C17H21N3O4/c1-9(14-8-16(21)20-19-14)18-17(22)13-7-11(13)12-6-10(23-2)4-5-15(12)24-3/h4-6,8-9,11,13H,7H2,1-3H3,(H,18,22)(H2,19,20,21). The fourth-order valence-electron chi connectivity index (χ4n) is 2.94. The van der Waals surface area contributed by atoms with E-state index < -0.39 is 0 Å². The molecular formula is C17H21N3O4. The SMILES string of the molecule is COc1ccc(OC)c(C2CC2C(=O)NC(C)c2cc(=O)[nH][nH]2)c1. The van der Waals surface area contributed by atoms with Crippen LogP contribution in [0.1, 0.15) is 36.6 Å². The first-order valence-corrected chi connectivity index (χ1v) is 7.83. The molecule has 1 saturated carbocycles. The van der Waals surface area contributed by atoms with Gasteiger partial charge in [-0.3, -0.25) is 14.7 Å². The topological polar surface area (TPSA) is 96.2 Å².